The summed E-state index contributed by atoms with van der Waals surface area (Å²) >= 11 is 3.06. The van der Waals surface area contributed by atoms with Crippen LogP contribution >= 0.6 is 15.9 Å². The van der Waals surface area contributed by atoms with E-state index in [1.165, 1.54) is 19.3 Å². The minimum Gasteiger partial charge on any atom is -0.463 e. The molecule has 1 heterocycles. The molecule has 72 valence electrons. The van der Waals surface area contributed by atoms with Gasteiger partial charge in [-0.25, -0.2) is 4.39 Å². The van der Waals surface area contributed by atoms with Crippen LogP contribution < -0.4 is 0 Å². The zero-order valence-electron chi connectivity index (χ0n) is 7.30. The van der Waals surface area contributed by atoms with E-state index in [-0.39, 0.29) is 15.8 Å². The number of furan rings is 1. The molecule has 14 heavy (non-hydrogen) atoms. The fraction of sp³-hybridized carbons (Fsp3) is 0.100. The maximum atomic E-state index is 13.5. The van der Waals surface area contributed by atoms with Gasteiger partial charge in [0.1, 0.15) is 0 Å². The summed E-state index contributed by atoms with van der Waals surface area (Å²) in [6.07, 6.45) is 1.46. The lowest BCUT2D eigenvalue weighted by Crippen LogP contribution is -1.97. The van der Waals surface area contributed by atoms with Crippen LogP contribution in [0.5, 0.6) is 0 Å². The van der Waals surface area contributed by atoms with Crippen LogP contribution in [0, 0.1) is 5.82 Å². The van der Waals surface area contributed by atoms with E-state index < -0.39 is 5.82 Å². The van der Waals surface area contributed by atoms with Gasteiger partial charge in [0, 0.05) is 5.39 Å². The van der Waals surface area contributed by atoms with Crippen LogP contribution in [0.25, 0.3) is 11.0 Å². The van der Waals surface area contributed by atoms with Crippen molar-refractivity contribution in [3.63, 3.8) is 0 Å². The first-order valence-corrected chi connectivity index (χ1v) is 4.76. The Morgan fingerprint density at radius 3 is 2.93 bits per heavy atom. The molecule has 0 fully saturated rings. The SMILES string of the molecule is CC(=O)c1cc2ccoc2c(Br)c1F. The van der Waals surface area contributed by atoms with Crippen molar-refractivity contribution in [1.82, 2.24) is 0 Å². The maximum Gasteiger partial charge on any atom is 0.162 e. The first kappa shape index (κ1) is 9.40. The van der Waals surface area contributed by atoms with Crippen LogP contribution in [-0.2, 0) is 0 Å². The highest BCUT2D eigenvalue weighted by molar-refractivity contribution is 9.10. The van der Waals surface area contributed by atoms with Gasteiger partial charge in [-0.2, -0.15) is 0 Å². The number of benzene rings is 1. The molecule has 0 radical (unpaired) electrons. The molecule has 0 aliphatic carbocycles. The molecule has 0 N–H and O–H groups in total. The predicted molar refractivity (Wildman–Crippen MR) is 53.9 cm³/mol. The van der Waals surface area contributed by atoms with Crippen molar-refractivity contribution in [2.45, 2.75) is 6.92 Å². The number of carbonyl (C=O) groups is 1. The normalized spacial score (nSPS) is 10.8. The summed E-state index contributed by atoms with van der Waals surface area (Å²) in [5.74, 6) is -0.869. The molecule has 1 aromatic carbocycles. The van der Waals surface area contributed by atoms with Gasteiger partial charge in [-0.1, -0.05) is 0 Å². The Bertz CT molecular complexity index is 516. The second-order valence-corrected chi connectivity index (χ2v) is 3.74. The summed E-state index contributed by atoms with van der Waals surface area (Å²) in [6, 6.07) is 3.17. The summed E-state index contributed by atoms with van der Waals surface area (Å²) in [5.41, 5.74) is 0.498. The molecule has 0 amide bonds. The minimum atomic E-state index is -0.569. The standard InChI is InChI=1S/C10H6BrFO2/c1-5(13)7-4-6-2-3-14-10(6)8(11)9(7)12/h2-4H,1H3. The Morgan fingerprint density at radius 2 is 2.29 bits per heavy atom. The van der Waals surface area contributed by atoms with Crippen LogP contribution in [0.1, 0.15) is 17.3 Å². The van der Waals surface area contributed by atoms with Gasteiger partial charge in [-0.3, -0.25) is 4.79 Å². The van der Waals surface area contributed by atoms with Crippen LogP contribution in [0.15, 0.2) is 27.3 Å². The summed E-state index contributed by atoms with van der Waals surface area (Å²) < 4.78 is 18.8. The topological polar surface area (TPSA) is 30.2 Å². The highest BCUT2D eigenvalue weighted by Gasteiger charge is 2.15. The van der Waals surface area contributed by atoms with E-state index in [0.717, 1.165) is 0 Å². The van der Waals surface area contributed by atoms with E-state index in [4.69, 9.17) is 4.42 Å². The van der Waals surface area contributed by atoms with Crippen LogP contribution in [0.3, 0.4) is 0 Å². The lowest BCUT2D eigenvalue weighted by Gasteiger charge is -2.01. The Balaban J connectivity index is 2.87. The lowest BCUT2D eigenvalue weighted by molar-refractivity contribution is 0.101. The van der Waals surface area contributed by atoms with Gasteiger partial charge in [0.05, 0.1) is 16.3 Å². The predicted octanol–water partition coefficient (Wildman–Crippen LogP) is 3.54. The Hall–Kier alpha value is -1.16. The van der Waals surface area contributed by atoms with Crippen molar-refractivity contribution < 1.29 is 13.6 Å². The molecular formula is C10H6BrFO2. The maximum absolute atomic E-state index is 13.5. The molecule has 0 atom stereocenters. The van der Waals surface area contributed by atoms with Crippen molar-refractivity contribution in [1.29, 1.82) is 0 Å². The fourth-order valence-corrected chi connectivity index (χ4v) is 1.84. The number of fused-ring (bicyclic) bond motifs is 1. The Morgan fingerprint density at radius 1 is 1.57 bits per heavy atom. The number of ketones is 1. The Kier molecular flexibility index (Phi) is 2.15. The van der Waals surface area contributed by atoms with Crippen molar-refractivity contribution in [2.24, 2.45) is 0 Å². The van der Waals surface area contributed by atoms with Gasteiger partial charge < -0.3 is 4.42 Å². The zero-order valence-corrected chi connectivity index (χ0v) is 8.89. The van der Waals surface area contributed by atoms with Crippen molar-refractivity contribution in [3.8, 4) is 0 Å². The van der Waals surface area contributed by atoms with E-state index in [9.17, 15) is 9.18 Å². The van der Waals surface area contributed by atoms with Gasteiger partial charge in [0.15, 0.2) is 17.2 Å². The number of rotatable bonds is 1. The van der Waals surface area contributed by atoms with Crippen LogP contribution in [0.2, 0.25) is 0 Å². The van der Waals surface area contributed by atoms with E-state index in [2.05, 4.69) is 15.9 Å². The highest BCUT2D eigenvalue weighted by Crippen LogP contribution is 2.30. The average molecular weight is 257 g/mol. The summed E-state index contributed by atoms with van der Waals surface area (Å²) in [6.45, 7) is 1.33. The zero-order chi connectivity index (χ0) is 10.3. The average Bonchev–Trinajstić information content (AvgIpc) is 2.58. The molecule has 0 aliphatic heterocycles. The van der Waals surface area contributed by atoms with Gasteiger partial charge in [-0.05, 0) is 35.0 Å². The first-order chi connectivity index (χ1) is 6.61. The molecule has 0 bridgehead atoms. The third-order valence-electron chi connectivity index (χ3n) is 2.00. The minimum absolute atomic E-state index is 0.0748. The van der Waals surface area contributed by atoms with Crippen molar-refractivity contribution in [2.75, 3.05) is 0 Å². The first-order valence-electron chi connectivity index (χ1n) is 3.97. The molecule has 4 heteroatoms. The molecule has 0 unspecified atom stereocenters. The monoisotopic (exact) mass is 256 g/mol. The van der Waals surface area contributed by atoms with E-state index in [1.807, 2.05) is 0 Å². The molecule has 1 aromatic heterocycles. The molecule has 2 rings (SSSR count). The number of Topliss-reactive ketones (excluding diaryl/α,β-unsaturated/α-hetero) is 1. The number of carbonyl (C=O) groups excluding carboxylic acids is 1. The van der Waals surface area contributed by atoms with Gasteiger partial charge >= 0.3 is 0 Å². The van der Waals surface area contributed by atoms with E-state index in [1.54, 1.807) is 6.07 Å². The van der Waals surface area contributed by atoms with Gasteiger partial charge in [0.25, 0.3) is 0 Å². The van der Waals surface area contributed by atoms with Crippen LogP contribution in [-0.4, -0.2) is 5.78 Å². The third-order valence-corrected chi connectivity index (χ3v) is 2.71. The fourth-order valence-electron chi connectivity index (χ4n) is 1.30. The number of halogens is 2. The number of hydrogen-bond donors (Lipinski definition) is 0. The molecule has 0 aliphatic rings. The third kappa shape index (κ3) is 1.26. The highest BCUT2D eigenvalue weighted by atomic mass is 79.9. The second kappa shape index (κ2) is 3.20. The van der Waals surface area contributed by atoms with E-state index in [0.29, 0.717) is 11.0 Å². The molecule has 2 aromatic rings. The summed E-state index contributed by atoms with van der Waals surface area (Å²) in [5, 5.41) is 0.712. The van der Waals surface area contributed by atoms with Gasteiger partial charge in [-0.15, -0.1) is 0 Å². The largest absolute Gasteiger partial charge is 0.463 e. The summed E-state index contributed by atoms with van der Waals surface area (Å²) in [7, 11) is 0. The molecule has 0 saturated carbocycles. The quantitative estimate of drug-likeness (QED) is 0.731. The summed E-state index contributed by atoms with van der Waals surface area (Å²) in [4.78, 5) is 11.1. The molecular weight excluding hydrogens is 251 g/mol. The Labute approximate surface area is 87.8 Å². The molecule has 0 saturated heterocycles. The number of hydrogen-bond acceptors (Lipinski definition) is 2. The van der Waals surface area contributed by atoms with Crippen LogP contribution in [0.4, 0.5) is 4.39 Å². The van der Waals surface area contributed by atoms with Crippen molar-refractivity contribution >= 4 is 32.7 Å². The van der Waals surface area contributed by atoms with Crippen molar-refractivity contribution in [3.05, 3.63) is 34.2 Å². The van der Waals surface area contributed by atoms with E-state index >= 15 is 0 Å². The molecule has 2 nitrogen and oxygen atoms in total. The molecule has 0 spiro atoms. The smallest absolute Gasteiger partial charge is 0.162 e. The lowest BCUT2D eigenvalue weighted by atomic mass is 10.1. The van der Waals surface area contributed by atoms with Gasteiger partial charge in [0.2, 0.25) is 0 Å². The second-order valence-electron chi connectivity index (χ2n) is 2.95.